The summed E-state index contributed by atoms with van der Waals surface area (Å²) in [5.41, 5.74) is 1.45. The molecule has 4 aromatic rings. The van der Waals surface area contributed by atoms with Crippen LogP contribution in [0.15, 0.2) is 59.0 Å². The van der Waals surface area contributed by atoms with E-state index >= 15 is 0 Å². The molecular formula is C29H32FN3O6S. The number of carbonyl (C=O) groups excluding carboxylic acids is 1. The molecule has 0 saturated heterocycles. The molecule has 2 heterocycles. The van der Waals surface area contributed by atoms with Gasteiger partial charge in [-0.25, -0.2) is 12.8 Å². The van der Waals surface area contributed by atoms with E-state index in [0.717, 1.165) is 0 Å². The molecular weight excluding hydrogens is 537 g/mol. The molecule has 40 heavy (non-hydrogen) atoms. The average molecular weight is 570 g/mol. The summed E-state index contributed by atoms with van der Waals surface area (Å²) >= 11 is 0. The second kappa shape index (κ2) is 12.8. The number of rotatable bonds is 13. The molecule has 0 aliphatic carbocycles. The molecule has 4 rings (SSSR count). The van der Waals surface area contributed by atoms with Crippen LogP contribution in [0.4, 0.5) is 10.2 Å². The van der Waals surface area contributed by atoms with E-state index in [0.29, 0.717) is 60.3 Å². The molecule has 0 aliphatic rings. The van der Waals surface area contributed by atoms with Gasteiger partial charge in [-0.05, 0) is 73.7 Å². The SMILES string of the molecule is CCc1cc2c(C(=O)NC)c(-c3ccc(F)cc3)oc2nc1NS(=O)(=O)CCCCCOc1ccccc1OC. The van der Waals surface area contributed by atoms with Crippen LogP contribution >= 0.6 is 0 Å². The predicted octanol–water partition coefficient (Wildman–Crippen LogP) is 5.56. The third-order valence-corrected chi connectivity index (χ3v) is 7.67. The molecule has 11 heteroatoms. The maximum atomic E-state index is 13.5. The van der Waals surface area contributed by atoms with Crippen LogP contribution in [0.5, 0.6) is 11.5 Å². The van der Waals surface area contributed by atoms with Crippen LogP contribution in [0, 0.1) is 5.82 Å². The van der Waals surface area contributed by atoms with Crippen LogP contribution in [0.3, 0.4) is 0 Å². The number of pyridine rings is 1. The summed E-state index contributed by atoms with van der Waals surface area (Å²) in [6.07, 6.45) is 2.23. The fraction of sp³-hybridized carbons (Fsp3) is 0.310. The van der Waals surface area contributed by atoms with Gasteiger partial charge in [0.25, 0.3) is 5.91 Å². The highest BCUT2D eigenvalue weighted by atomic mass is 32.2. The number of ether oxygens (including phenoxy) is 2. The summed E-state index contributed by atoms with van der Waals surface area (Å²) in [5.74, 6) is 0.754. The van der Waals surface area contributed by atoms with Gasteiger partial charge in [-0.3, -0.25) is 9.52 Å². The van der Waals surface area contributed by atoms with E-state index in [9.17, 15) is 17.6 Å². The van der Waals surface area contributed by atoms with Gasteiger partial charge in [0.1, 0.15) is 17.4 Å². The molecule has 2 N–H and O–H groups in total. The molecule has 0 spiro atoms. The van der Waals surface area contributed by atoms with E-state index in [2.05, 4.69) is 15.0 Å². The first kappa shape index (κ1) is 28.9. The number of carbonyl (C=O) groups is 1. The molecule has 212 valence electrons. The number of fused-ring (bicyclic) bond motifs is 1. The van der Waals surface area contributed by atoms with Crippen molar-refractivity contribution in [3.05, 3.63) is 71.5 Å². The van der Waals surface area contributed by atoms with Crippen molar-refractivity contribution in [2.24, 2.45) is 0 Å². The molecule has 9 nitrogen and oxygen atoms in total. The molecule has 2 aromatic carbocycles. The average Bonchev–Trinajstić information content (AvgIpc) is 3.32. The zero-order valence-electron chi connectivity index (χ0n) is 22.6. The van der Waals surface area contributed by atoms with Gasteiger partial charge < -0.3 is 19.2 Å². The molecule has 0 unspecified atom stereocenters. The van der Waals surface area contributed by atoms with Gasteiger partial charge in [0.15, 0.2) is 11.5 Å². The number of anilines is 1. The van der Waals surface area contributed by atoms with Crippen molar-refractivity contribution >= 4 is 32.8 Å². The number of furan rings is 1. The van der Waals surface area contributed by atoms with Crippen LogP contribution in [0.25, 0.3) is 22.4 Å². The largest absolute Gasteiger partial charge is 0.493 e. The zero-order chi connectivity index (χ0) is 28.7. The van der Waals surface area contributed by atoms with Crippen molar-refractivity contribution in [1.82, 2.24) is 10.3 Å². The van der Waals surface area contributed by atoms with E-state index < -0.39 is 21.7 Å². The van der Waals surface area contributed by atoms with Crippen LogP contribution in [0.1, 0.15) is 42.1 Å². The number of halogens is 1. The molecule has 1 amide bonds. The maximum absolute atomic E-state index is 13.5. The lowest BCUT2D eigenvalue weighted by Gasteiger charge is -2.12. The lowest BCUT2D eigenvalue weighted by molar-refractivity contribution is 0.0964. The summed E-state index contributed by atoms with van der Waals surface area (Å²) in [5, 5.41) is 3.03. The first-order chi connectivity index (χ1) is 19.3. The second-order valence-electron chi connectivity index (χ2n) is 9.08. The Hall–Kier alpha value is -4.12. The van der Waals surface area contributed by atoms with Gasteiger partial charge >= 0.3 is 0 Å². The lowest BCUT2D eigenvalue weighted by atomic mass is 10.0. The van der Waals surface area contributed by atoms with Crippen LogP contribution in [-0.4, -0.2) is 45.8 Å². The van der Waals surface area contributed by atoms with Crippen molar-refractivity contribution in [2.75, 3.05) is 31.2 Å². The Morgan fingerprint density at radius 1 is 1.05 bits per heavy atom. The molecule has 2 aromatic heterocycles. The van der Waals surface area contributed by atoms with Gasteiger partial charge in [0, 0.05) is 12.6 Å². The second-order valence-corrected chi connectivity index (χ2v) is 10.9. The van der Waals surface area contributed by atoms with Crippen LogP contribution < -0.4 is 19.5 Å². The number of para-hydroxylation sites is 2. The molecule has 0 bridgehead atoms. The summed E-state index contributed by atoms with van der Waals surface area (Å²) in [6, 6.07) is 14.6. The molecule has 0 radical (unpaired) electrons. The van der Waals surface area contributed by atoms with E-state index in [1.807, 2.05) is 31.2 Å². The number of aryl methyl sites for hydroxylation is 1. The topological polar surface area (TPSA) is 120 Å². The highest BCUT2D eigenvalue weighted by Crippen LogP contribution is 2.35. The molecule has 0 aliphatic heterocycles. The van der Waals surface area contributed by atoms with Crippen LogP contribution in [0.2, 0.25) is 0 Å². The van der Waals surface area contributed by atoms with Gasteiger partial charge in [-0.1, -0.05) is 19.1 Å². The third-order valence-electron chi connectivity index (χ3n) is 6.34. The molecule has 0 atom stereocenters. The Bertz CT molecular complexity index is 1590. The van der Waals surface area contributed by atoms with Crippen molar-refractivity contribution in [2.45, 2.75) is 32.6 Å². The first-order valence-corrected chi connectivity index (χ1v) is 14.6. The highest BCUT2D eigenvalue weighted by Gasteiger charge is 2.25. The highest BCUT2D eigenvalue weighted by molar-refractivity contribution is 7.92. The normalized spacial score (nSPS) is 11.4. The number of amides is 1. The minimum Gasteiger partial charge on any atom is -0.493 e. The van der Waals surface area contributed by atoms with Crippen LogP contribution in [-0.2, 0) is 16.4 Å². The fourth-order valence-electron chi connectivity index (χ4n) is 4.27. The van der Waals surface area contributed by atoms with Gasteiger partial charge in [0.2, 0.25) is 15.7 Å². The number of methoxy groups -OCH3 is 1. The van der Waals surface area contributed by atoms with E-state index in [1.165, 1.54) is 31.3 Å². The number of unbranched alkanes of at least 4 members (excludes halogenated alkanes) is 2. The lowest BCUT2D eigenvalue weighted by Crippen LogP contribution is -2.19. The number of benzene rings is 2. The fourth-order valence-corrected chi connectivity index (χ4v) is 5.42. The third kappa shape index (κ3) is 6.71. The summed E-state index contributed by atoms with van der Waals surface area (Å²) in [4.78, 5) is 17.2. The van der Waals surface area contributed by atoms with Gasteiger partial charge in [0.05, 0.1) is 30.4 Å². The molecule has 0 fully saturated rings. The summed E-state index contributed by atoms with van der Waals surface area (Å²) < 4.78 is 58.8. The zero-order valence-corrected chi connectivity index (χ0v) is 23.4. The predicted molar refractivity (Wildman–Crippen MR) is 152 cm³/mol. The Labute approximate surface area is 232 Å². The van der Waals surface area contributed by atoms with E-state index in [1.54, 1.807) is 13.2 Å². The minimum atomic E-state index is -3.70. The number of aromatic nitrogens is 1. The Morgan fingerprint density at radius 2 is 1.77 bits per heavy atom. The number of hydrogen-bond donors (Lipinski definition) is 2. The Morgan fingerprint density at radius 3 is 2.45 bits per heavy atom. The first-order valence-electron chi connectivity index (χ1n) is 13.0. The number of nitrogens with one attached hydrogen (secondary N) is 2. The van der Waals surface area contributed by atoms with Gasteiger partial charge in [-0.2, -0.15) is 4.98 Å². The number of hydrogen-bond acceptors (Lipinski definition) is 7. The minimum absolute atomic E-state index is 0.0903. The quantitative estimate of drug-likeness (QED) is 0.202. The number of nitrogens with zero attached hydrogens (tertiary/aromatic N) is 1. The Kier molecular flexibility index (Phi) is 9.26. The van der Waals surface area contributed by atoms with Crippen molar-refractivity contribution in [3.63, 3.8) is 0 Å². The Balaban J connectivity index is 1.46. The smallest absolute Gasteiger partial charge is 0.255 e. The monoisotopic (exact) mass is 569 g/mol. The standard InChI is InChI=1S/C29H32FN3O6S/c1-4-19-18-22-25(28(34)31-2)26(20-12-14-21(30)15-13-20)39-29(22)32-27(19)33-40(35,36)17-9-5-8-16-38-24-11-7-6-10-23(24)37-3/h6-7,10-15,18H,4-5,8-9,16-17H2,1-3H3,(H,31,34)(H,32,33). The maximum Gasteiger partial charge on any atom is 0.255 e. The van der Waals surface area contributed by atoms with Crippen molar-refractivity contribution in [3.8, 4) is 22.8 Å². The van der Waals surface area contributed by atoms with E-state index in [-0.39, 0.29) is 28.6 Å². The van der Waals surface area contributed by atoms with E-state index in [4.69, 9.17) is 13.9 Å². The van der Waals surface area contributed by atoms with Crippen molar-refractivity contribution < 1.29 is 31.5 Å². The molecule has 0 saturated carbocycles. The number of sulfonamides is 1. The van der Waals surface area contributed by atoms with Crippen molar-refractivity contribution in [1.29, 1.82) is 0 Å². The van der Waals surface area contributed by atoms with Gasteiger partial charge in [-0.15, -0.1) is 0 Å². The summed E-state index contributed by atoms with van der Waals surface area (Å²) in [7, 11) is -0.629. The summed E-state index contributed by atoms with van der Waals surface area (Å²) in [6.45, 7) is 2.30.